The zero-order valence-electron chi connectivity index (χ0n) is 14.4. The first-order valence-electron chi connectivity index (χ1n) is 8.75. The molecule has 0 spiro atoms. The fourth-order valence-corrected chi connectivity index (χ4v) is 3.04. The van der Waals surface area contributed by atoms with E-state index >= 15 is 0 Å². The molecule has 0 aliphatic heterocycles. The van der Waals surface area contributed by atoms with Crippen LogP contribution in [0.4, 0.5) is 4.79 Å². The zero-order valence-corrected chi connectivity index (χ0v) is 14.4. The number of benzene rings is 1. The lowest BCUT2D eigenvalue weighted by molar-refractivity contribution is -0.127. The van der Waals surface area contributed by atoms with E-state index in [1.54, 1.807) is 0 Å². The summed E-state index contributed by atoms with van der Waals surface area (Å²) in [6, 6.07) is 9.44. The lowest BCUT2D eigenvalue weighted by atomic mass is 9.96. The van der Waals surface area contributed by atoms with Crippen LogP contribution in [0.1, 0.15) is 38.2 Å². The molecule has 0 unspecified atom stereocenters. The number of hydrogen-bond donors (Lipinski definition) is 4. The van der Waals surface area contributed by atoms with Gasteiger partial charge in [0.2, 0.25) is 5.91 Å². The summed E-state index contributed by atoms with van der Waals surface area (Å²) in [5.41, 5.74) is 0.260. The summed E-state index contributed by atoms with van der Waals surface area (Å²) in [5, 5.41) is 11.9. The fourth-order valence-electron chi connectivity index (χ4n) is 3.04. The largest absolute Gasteiger partial charge is 0.353 e. The smallest absolute Gasteiger partial charge is 0.315 e. The monoisotopic (exact) mass is 332 g/mol. The van der Waals surface area contributed by atoms with Gasteiger partial charge in [-0.25, -0.2) is 4.79 Å². The van der Waals surface area contributed by atoms with Crippen molar-refractivity contribution in [2.45, 2.75) is 44.7 Å². The van der Waals surface area contributed by atoms with E-state index in [0.717, 1.165) is 31.5 Å². The maximum Gasteiger partial charge on any atom is 0.315 e. The number of hydrogen-bond acceptors (Lipinski definition) is 3. The van der Waals surface area contributed by atoms with Gasteiger partial charge in [-0.05, 0) is 24.9 Å². The van der Waals surface area contributed by atoms with E-state index in [9.17, 15) is 9.59 Å². The molecule has 1 saturated carbocycles. The van der Waals surface area contributed by atoms with Gasteiger partial charge in [0.05, 0.1) is 0 Å². The highest BCUT2D eigenvalue weighted by molar-refractivity contribution is 5.91. The van der Waals surface area contributed by atoms with Crippen LogP contribution in [0.3, 0.4) is 0 Å². The number of urea groups is 1. The molecule has 1 aromatic rings. The minimum atomic E-state index is -0.771. The molecule has 1 aliphatic carbocycles. The second-order valence-corrected chi connectivity index (χ2v) is 6.19. The summed E-state index contributed by atoms with van der Waals surface area (Å²) < 4.78 is 0. The summed E-state index contributed by atoms with van der Waals surface area (Å²) in [4.78, 5) is 24.8. The number of carbonyl (C=O) groups excluding carboxylic acids is 2. The molecule has 0 radical (unpaired) electrons. The summed E-state index contributed by atoms with van der Waals surface area (Å²) >= 11 is 0. The van der Waals surface area contributed by atoms with E-state index in [1.165, 1.54) is 0 Å². The van der Waals surface area contributed by atoms with Gasteiger partial charge in [-0.2, -0.15) is 0 Å². The molecule has 1 fully saturated rings. The van der Waals surface area contributed by atoms with Crippen molar-refractivity contribution in [3.05, 3.63) is 35.9 Å². The van der Waals surface area contributed by atoms with Crippen molar-refractivity contribution in [1.82, 2.24) is 21.3 Å². The summed E-state index contributed by atoms with van der Waals surface area (Å²) in [6.07, 6.45) is 3.30. The lowest BCUT2D eigenvalue weighted by Gasteiger charge is -2.29. The van der Waals surface area contributed by atoms with Gasteiger partial charge in [-0.1, -0.05) is 50.1 Å². The molecule has 1 aromatic carbocycles. The Labute approximate surface area is 143 Å². The molecule has 24 heavy (non-hydrogen) atoms. The Hall–Kier alpha value is -2.08. The summed E-state index contributed by atoms with van der Waals surface area (Å²) in [7, 11) is 0. The van der Waals surface area contributed by atoms with Gasteiger partial charge in [0, 0.05) is 19.6 Å². The maximum atomic E-state index is 12.6. The maximum absolute atomic E-state index is 12.6. The van der Waals surface area contributed by atoms with E-state index in [-0.39, 0.29) is 11.9 Å². The van der Waals surface area contributed by atoms with Crippen LogP contribution in [0.25, 0.3) is 0 Å². The molecule has 6 nitrogen and oxygen atoms in total. The Balaban J connectivity index is 1.85. The predicted octanol–water partition coefficient (Wildman–Crippen LogP) is 1.52. The third-order valence-corrected chi connectivity index (χ3v) is 4.38. The van der Waals surface area contributed by atoms with Crippen LogP contribution < -0.4 is 21.3 Å². The van der Waals surface area contributed by atoms with Crippen LogP contribution in [-0.4, -0.2) is 37.1 Å². The third kappa shape index (κ3) is 5.23. The Morgan fingerprint density at radius 2 is 1.75 bits per heavy atom. The lowest BCUT2D eigenvalue weighted by Crippen LogP contribution is -2.59. The van der Waals surface area contributed by atoms with Gasteiger partial charge in [0.1, 0.15) is 5.54 Å². The zero-order chi connectivity index (χ0) is 17.3. The minimum Gasteiger partial charge on any atom is -0.353 e. The quantitative estimate of drug-likeness (QED) is 0.545. The molecule has 2 rings (SSSR count). The average molecular weight is 332 g/mol. The standard InChI is InChI=1S/C18H28N4O2/c1-2-19-12-13-20-16(23)18(10-6-7-11-18)22-17(24)21-14-15-8-4-3-5-9-15/h3-5,8-9,19H,2,6-7,10-14H2,1H3,(H,20,23)(H2,21,22,24). The van der Waals surface area contributed by atoms with Crippen molar-refractivity contribution in [3.8, 4) is 0 Å². The Kier molecular flexibility index (Phi) is 7.06. The second-order valence-electron chi connectivity index (χ2n) is 6.19. The van der Waals surface area contributed by atoms with Crippen molar-refractivity contribution in [2.75, 3.05) is 19.6 Å². The van der Waals surface area contributed by atoms with Gasteiger partial charge in [-0.3, -0.25) is 4.79 Å². The van der Waals surface area contributed by atoms with E-state index in [4.69, 9.17) is 0 Å². The van der Waals surface area contributed by atoms with Crippen LogP contribution in [0.2, 0.25) is 0 Å². The average Bonchev–Trinajstić information content (AvgIpc) is 3.07. The Bertz CT molecular complexity index is 527. The predicted molar refractivity (Wildman–Crippen MR) is 94.6 cm³/mol. The molecule has 132 valence electrons. The minimum absolute atomic E-state index is 0.0761. The molecule has 4 N–H and O–H groups in total. The van der Waals surface area contributed by atoms with Crippen molar-refractivity contribution in [3.63, 3.8) is 0 Å². The highest BCUT2D eigenvalue weighted by Crippen LogP contribution is 2.29. The fraction of sp³-hybridized carbons (Fsp3) is 0.556. The van der Waals surface area contributed by atoms with E-state index < -0.39 is 5.54 Å². The van der Waals surface area contributed by atoms with Gasteiger partial charge in [-0.15, -0.1) is 0 Å². The number of nitrogens with one attached hydrogen (secondary N) is 4. The summed E-state index contributed by atoms with van der Waals surface area (Å²) in [6.45, 7) is 4.66. The molecule has 0 heterocycles. The first-order valence-corrected chi connectivity index (χ1v) is 8.75. The van der Waals surface area contributed by atoms with Crippen LogP contribution >= 0.6 is 0 Å². The molecule has 3 amide bonds. The van der Waals surface area contributed by atoms with Crippen molar-refractivity contribution >= 4 is 11.9 Å². The molecule has 6 heteroatoms. The summed E-state index contributed by atoms with van der Waals surface area (Å²) in [5.74, 6) is -0.0761. The van der Waals surface area contributed by atoms with E-state index in [2.05, 4.69) is 21.3 Å². The first kappa shape index (κ1) is 18.3. The van der Waals surface area contributed by atoms with E-state index in [0.29, 0.717) is 25.9 Å². The Morgan fingerprint density at radius 3 is 2.42 bits per heavy atom. The SMILES string of the molecule is CCNCCNC(=O)C1(NC(=O)NCc2ccccc2)CCCC1. The van der Waals surface area contributed by atoms with Gasteiger partial charge < -0.3 is 21.3 Å². The third-order valence-electron chi connectivity index (χ3n) is 4.38. The molecule has 0 atom stereocenters. The van der Waals surface area contributed by atoms with Crippen molar-refractivity contribution in [2.24, 2.45) is 0 Å². The number of carbonyl (C=O) groups is 2. The Morgan fingerprint density at radius 1 is 1.04 bits per heavy atom. The molecule has 0 bridgehead atoms. The normalized spacial score (nSPS) is 15.7. The van der Waals surface area contributed by atoms with Crippen LogP contribution in [0, 0.1) is 0 Å². The molecular weight excluding hydrogens is 304 g/mol. The molecular formula is C18H28N4O2. The van der Waals surface area contributed by atoms with Crippen LogP contribution in [0.5, 0.6) is 0 Å². The number of likely N-dealkylation sites (N-methyl/N-ethyl adjacent to an activating group) is 1. The van der Waals surface area contributed by atoms with Gasteiger partial charge in [0.25, 0.3) is 0 Å². The second kappa shape index (κ2) is 9.27. The molecule has 0 saturated heterocycles. The number of amides is 3. The van der Waals surface area contributed by atoms with Gasteiger partial charge in [0.15, 0.2) is 0 Å². The van der Waals surface area contributed by atoms with Crippen molar-refractivity contribution in [1.29, 1.82) is 0 Å². The number of rotatable bonds is 8. The molecule has 1 aliphatic rings. The topological polar surface area (TPSA) is 82.3 Å². The van der Waals surface area contributed by atoms with Crippen LogP contribution in [-0.2, 0) is 11.3 Å². The van der Waals surface area contributed by atoms with Crippen LogP contribution in [0.15, 0.2) is 30.3 Å². The molecule has 0 aromatic heterocycles. The highest BCUT2D eigenvalue weighted by atomic mass is 16.2. The highest BCUT2D eigenvalue weighted by Gasteiger charge is 2.42. The van der Waals surface area contributed by atoms with E-state index in [1.807, 2.05) is 37.3 Å². The van der Waals surface area contributed by atoms with Gasteiger partial charge >= 0.3 is 6.03 Å². The first-order chi connectivity index (χ1) is 11.7. The van der Waals surface area contributed by atoms with Crippen molar-refractivity contribution < 1.29 is 9.59 Å².